The van der Waals surface area contributed by atoms with Crippen molar-refractivity contribution in [1.82, 2.24) is 14.5 Å². The molecule has 1 amide bonds. The van der Waals surface area contributed by atoms with Crippen molar-refractivity contribution in [3.05, 3.63) is 48.0 Å². The number of hydrogen-bond donors (Lipinski definition) is 0. The highest BCUT2D eigenvalue weighted by Crippen LogP contribution is 2.18. The number of piperazine rings is 1. The molecule has 2 aromatic rings. The molecule has 1 aliphatic heterocycles. The molecule has 0 spiro atoms. The highest BCUT2D eigenvalue weighted by molar-refractivity contribution is 5.94. The summed E-state index contributed by atoms with van der Waals surface area (Å²) < 4.78 is 1.78. The highest BCUT2D eigenvalue weighted by atomic mass is 16.2. The molecular weight excluding hydrogens is 292 g/mol. The second-order valence-corrected chi connectivity index (χ2v) is 5.81. The largest absolute Gasteiger partial charge is 0.368 e. The molecular formula is C17H20N4O2. The maximum Gasteiger partial charge on any atom is 0.274 e. The van der Waals surface area contributed by atoms with Gasteiger partial charge in [0.15, 0.2) is 5.78 Å². The summed E-state index contributed by atoms with van der Waals surface area (Å²) in [6.45, 7) is 4.46. The van der Waals surface area contributed by atoms with Gasteiger partial charge in [0.05, 0.1) is 6.33 Å². The Balaban J connectivity index is 1.61. The molecule has 1 fully saturated rings. The molecule has 1 aliphatic rings. The van der Waals surface area contributed by atoms with E-state index in [2.05, 4.69) is 9.88 Å². The van der Waals surface area contributed by atoms with E-state index in [0.717, 1.165) is 24.3 Å². The number of anilines is 1. The van der Waals surface area contributed by atoms with Crippen LogP contribution in [-0.4, -0.2) is 52.3 Å². The maximum atomic E-state index is 12.4. The Hall–Kier alpha value is -2.63. The van der Waals surface area contributed by atoms with Crippen LogP contribution in [0.5, 0.6) is 0 Å². The molecule has 0 N–H and O–H groups in total. The van der Waals surface area contributed by atoms with Crippen LogP contribution in [0.1, 0.15) is 27.8 Å². The average Bonchev–Trinajstić information content (AvgIpc) is 3.01. The van der Waals surface area contributed by atoms with Crippen molar-refractivity contribution in [1.29, 1.82) is 0 Å². The van der Waals surface area contributed by atoms with Crippen LogP contribution in [0.25, 0.3) is 0 Å². The minimum Gasteiger partial charge on any atom is -0.368 e. The van der Waals surface area contributed by atoms with E-state index in [1.54, 1.807) is 24.0 Å². The zero-order chi connectivity index (χ0) is 16.4. The van der Waals surface area contributed by atoms with Crippen molar-refractivity contribution in [2.75, 3.05) is 31.1 Å². The first kappa shape index (κ1) is 15.3. The maximum absolute atomic E-state index is 12.4. The van der Waals surface area contributed by atoms with Gasteiger partial charge in [-0.15, -0.1) is 0 Å². The third-order valence-electron chi connectivity index (χ3n) is 4.13. The predicted molar refractivity (Wildman–Crippen MR) is 87.8 cm³/mol. The summed E-state index contributed by atoms with van der Waals surface area (Å²) in [7, 11) is 1.85. The normalized spacial score (nSPS) is 14.9. The van der Waals surface area contributed by atoms with Crippen molar-refractivity contribution >= 4 is 17.4 Å². The summed E-state index contributed by atoms with van der Waals surface area (Å²) >= 11 is 0. The van der Waals surface area contributed by atoms with Gasteiger partial charge in [0.25, 0.3) is 5.91 Å². The van der Waals surface area contributed by atoms with Crippen molar-refractivity contribution in [3.63, 3.8) is 0 Å². The molecule has 0 saturated carbocycles. The molecule has 1 aromatic carbocycles. The molecule has 2 heterocycles. The van der Waals surface area contributed by atoms with Crippen LogP contribution in [0.15, 0.2) is 36.8 Å². The lowest BCUT2D eigenvalue weighted by Crippen LogP contribution is -2.48. The first-order chi connectivity index (χ1) is 11.0. The molecule has 0 unspecified atom stereocenters. The quantitative estimate of drug-likeness (QED) is 0.808. The summed E-state index contributed by atoms with van der Waals surface area (Å²) in [5, 5.41) is 0. The molecule has 0 aliphatic carbocycles. The predicted octanol–water partition coefficient (Wildman–Crippen LogP) is 1.59. The zero-order valence-electron chi connectivity index (χ0n) is 13.4. The van der Waals surface area contributed by atoms with Crippen molar-refractivity contribution in [2.24, 2.45) is 7.05 Å². The van der Waals surface area contributed by atoms with Crippen LogP contribution in [0.4, 0.5) is 5.69 Å². The van der Waals surface area contributed by atoms with E-state index < -0.39 is 0 Å². The van der Waals surface area contributed by atoms with E-state index in [0.29, 0.717) is 18.8 Å². The van der Waals surface area contributed by atoms with E-state index in [1.165, 1.54) is 0 Å². The SMILES string of the molecule is CC(=O)c1ccc(N2CCN(C(=O)c3cn(C)cn3)CC2)cc1. The van der Waals surface area contributed by atoms with Crippen molar-refractivity contribution in [2.45, 2.75) is 6.92 Å². The second kappa shape index (κ2) is 6.24. The summed E-state index contributed by atoms with van der Waals surface area (Å²) in [5.41, 5.74) is 2.30. The number of ketones is 1. The van der Waals surface area contributed by atoms with Gasteiger partial charge in [-0.1, -0.05) is 0 Å². The van der Waals surface area contributed by atoms with Gasteiger partial charge in [-0.2, -0.15) is 0 Å². The molecule has 23 heavy (non-hydrogen) atoms. The van der Waals surface area contributed by atoms with Crippen molar-refractivity contribution in [3.8, 4) is 0 Å². The van der Waals surface area contributed by atoms with Gasteiger partial charge in [-0.25, -0.2) is 4.98 Å². The van der Waals surface area contributed by atoms with E-state index >= 15 is 0 Å². The molecule has 120 valence electrons. The smallest absolute Gasteiger partial charge is 0.274 e. The van der Waals surface area contributed by atoms with Crippen LogP contribution < -0.4 is 4.90 Å². The van der Waals surface area contributed by atoms with Gasteiger partial charge in [0.1, 0.15) is 5.69 Å². The van der Waals surface area contributed by atoms with Gasteiger partial charge < -0.3 is 14.4 Å². The van der Waals surface area contributed by atoms with Crippen LogP contribution in [0, 0.1) is 0 Å². The van der Waals surface area contributed by atoms with Gasteiger partial charge in [-0.05, 0) is 31.2 Å². The summed E-state index contributed by atoms with van der Waals surface area (Å²) in [6.07, 6.45) is 3.38. The van der Waals surface area contributed by atoms with Gasteiger partial charge in [-0.3, -0.25) is 9.59 Å². The average molecular weight is 312 g/mol. The number of amides is 1. The number of aromatic nitrogens is 2. The Morgan fingerprint density at radius 1 is 1.04 bits per heavy atom. The molecule has 0 bridgehead atoms. The topological polar surface area (TPSA) is 58.4 Å². The fourth-order valence-electron chi connectivity index (χ4n) is 2.76. The fraction of sp³-hybridized carbons (Fsp3) is 0.353. The summed E-state index contributed by atoms with van der Waals surface area (Å²) in [5.74, 6) is 0.0551. The number of benzene rings is 1. The number of nitrogens with zero attached hydrogens (tertiary/aromatic N) is 4. The zero-order valence-corrected chi connectivity index (χ0v) is 13.4. The Morgan fingerprint density at radius 3 is 2.22 bits per heavy atom. The molecule has 3 rings (SSSR count). The number of hydrogen-bond acceptors (Lipinski definition) is 4. The Morgan fingerprint density at radius 2 is 1.70 bits per heavy atom. The minimum absolute atomic E-state index is 0.0165. The molecule has 1 aromatic heterocycles. The van der Waals surface area contributed by atoms with E-state index in [1.807, 2.05) is 36.2 Å². The number of Topliss-reactive ketones (excluding diaryl/α,β-unsaturated/α-hetero) is 1. The lowest BCUT2D eigenvalue weighted by Gasteiger charge is -2.35. The number of rotatable bonds is 3. The number of aryl methyl sites for hydroxylation is 1. The summed E-state index contributed by atoms with van der Waals surface area (Å²) in [4.78, 5) is 31.9. The third kappa shape index (κ3) is 3.26. The van der Waals surface area contributed by atoms with E-state index in [9.17, 15) is 9.59 Å². The van der Waals surface area contributed by atoms with Crippen LogP contribution in [0.3, 0.4) is 0 Å². The first-order valence-electron chi connectivity index (χ1n) is 7.68. The third-order valence-corrected chi connectivity index (χ3v) is 4.13. The Bertz CT molecular complexity index is 712. The number of carbonyl (C=O) groups is 2. The van der Waals surface area contributed by atoms with Gasteiger partial charge in [0, 0.05) is 50.7 Å². The minimum atomic E-state index is -0.0165. The molecule has 0 atom stereocenters. The Kier molecular flexibility index (Phi) is 4.14. The lowest BCUT2D eigenvalue weighted by molar-refractivity contribution is 0.0741. The lowest BCUT2D eigenvalue weighted by atomic mass is 10.1. The molecule has 6 nitrogen and oxygen atoms in total. The Labute approximate surface area is 135 Å². The van der Waals surface area contributed by atoms with Gasteiger partial charge in [0.2, 0.25) is 0 Å². The fourth-order valence-corrected chi connectivity index (χ4v) is 2.76. The molecule has 1 saturated heterocycles. The van der Waals surface area contributed by atoms with Crippen LogP contribution in [0.2, 0.25) is 0 Å². The first-order valence-corrected chi connectivity index (χ1v) is 7.68. The van der Waals surface area contributed by atoms with E-state index in [4.69, 9.17) is 0 Å². The van der Waals surface area contributed by atoms with E-state index in [-0.39, 0.29) is 11.7 Å². The highest BCUT2D eigenvalue weighted by Gasteiger charge is 2.23. The standard InChI is InChI=1S/C17H20N4O2/c1-13(22)14-3-5-15(6-4-14)20-7-9-21(10-8-20)17(23)16-11-19(2)12-18-16/h3-6,11-12H,7-10H2,1-2H3. The van der Waals surface area contributed by atoms with Crippen molar-refractivity contribution < 1.29 is 9.59 Å². The van der Waals surface area contributed by atoms with Crippen LogP contribution >= 0.6 is 0 Å². The molecule has 6 heteroatoms. The number of imidazole rings is 1. The monoisotopic (exact) mass is 312 g/mol. The second-order valence-electron chi connectivity index (χ2n) is 5.81. The van der Waals surface area contributed by atoms with Gasteiger partial charge >= 0.3 is 0 Å². The summed E-state index contributed by atoms with van der Waals surface area (Å²) in [6, 6.07) is 7.63. The van der Waals surface area contributed by atoms with Crippen LogP contribution in [-0.2, 0) is 7.05 Å². The molecule has 0 radical (unpaired) electrons. The number of carbonyl (C=O) groups excluding carboxylic acids is 2.